The summed E-state index contributed by atoms with van der Waals surface area (Å²) in [6.45, 7) is 4.79. The number of nitrogens with zero attached hydrogens (tertiary/aromatic N) is 4. The number of benzene rings is 13. The molecule has 400 valence electrons. The largest absolute Gasteiger partial charge is 0.310 e. The second-order valence-corrected chi connectivity index (χ2v) is 23.3. The number of hydrogen-bond donors (Lipinski definition) is 0. The first-order valence-electron chi connectivity index (χ1n) is 29.5. The van der Waals surface area contributed by atoms with Gasteiger partial charge in [0, 0.05) is 71.9 Å². The Morgan fingerprint density at radius 2 is 0.553 bits per heavy atom. The fourth-order valence-corrected chi connectivity index (χ4v) is 14.1. The summed E-state index contributed by atoms with van der Waals surface area (Å²) in [6, 6.07) is 112. The Morgan fingerprint density at radius 1 is 0.235 bits per heavy atom. The minimum absolute atomic E-state index is 0.265. The SMILES string of the molecule is CC1(C)c2cc(N(c3ccc(-c4ccc(-c5ccc6c7ccccc7n(-c7ccccc7)c6c5)cc4)cc3)c3ccc(-c4ccc(-n5c6ccccc6c6ccccc65)cc4)cc3)ccc2-c2ccc(-n3c4ccccc4c4ccccc43)cc21. The van der Waals surface area contributed by atoms with E-state index in [1.54, 1.807) is 0 Å². The Balaban J connectivity index is 0.723. The molecule has 13 aromatic carbocycles. The predicted molar refractivity (Wildman–Crippen MR) is 358 cm³/mol. The molecule has 1 aliphatic carbocycles. The summed E-state index contributed by atoms with van der Waals surface area (Å²) < 4.78 is 7.21. The van der Waals surface area contributed by atoms with Gasteiger partial charge in [-0.1, -0.05) is 208 Å². The normalized spacial score (nSPS) is 12.7. The first kappa shape index (κ1) is 48.7. The van der Waals surface area contributed by atoms with E-state index in [1.807, 2.05) is 0 Å². The molecule has 0 bridgehead atoms. The molecular formula is C81H56N4. The average Bonchev–Trinajstić information content (AvgIpc) is 3.26. The first-order chi connectivity index (χ1) is 41.9. The quantitative estimate of drug-likeness (QED) is 0.141. The van der Waals surface area contributed by atoms with Crippen LogP contribution in [0, 0.1) is 0 Å². The van der Waals surface area contributed by atoms with E-state index in [0.717, 1.165) is 28.4 Å². The molecule has 0 amide bonds. The number of fused-ring (bicyclic) bond motifs is 12. The minimum Gasteiger partial charge on any atom is -0.310 e. The first-order valence-corrected chi connectivity index (χ1v) is 29.5. The zero-order valence-electron chi connectivity index (χ0n) is 47.2. The molecule has 0 spiro atoms. The second-order valence-electron chi connectivity index (χ2n) is 23.3. The lowest BCUT2D eigenvalue weighted by Gasteiger charge is -2.28. The molecule has 1 aliphatic rings. The summed E-state index contributed by atoms with van der Waals surface area (Å²) in [5.41, 5.74) is 26.1. The van der Waals surface area contributed by atoms with E-state index in [-0.39, 0.29) is 5.41 Å². The van der Waals surface area contributed by atoms with Crippen molar-refractivity contribution in [3.8, 4) is 61.6 Å². The lowest BCUT2D eigenvalue weighted by Crippen LogP contribution is -2.17. The van der Waals surface area contributed by atoms with E-state index in [0.29, 0.717) is 0 Å². The van der Waals surface area contributed by atoms with Crippen molar-refractivity contribution in [1.82, 2.24) is 13.7 Å². The van der Waals surface area contributed by atoms with Crippen LogP contribution in [0.3, 0.4) is 0 Å². The van der Waals surface area contributed by atoms with E-state index >= 15 is 0 Å². The van der Waals surface area contributed by atoms with Crippen LogP contribution in [0.15, 0.2) is 303 Å². The van der Waals surface area contributed by atoms with Gasteiger partial charge in [-0.3, -0.25) is 0 Å². The van der Waals surface area contributed by atoms with Gasteiger partial charge in [-0.15, -0.1) is 0 Å². The zero-order chi connectivity index (χ0) is 56.3. The van der Waals surface area contributed by atoms with Gasteiger partial charge in [0.05, 0.1) is 33.1 Å². The topological polar surface area (TPSA) is 18.0 Å². The van der Waals surface area contributed by atoms with Gasteiger partial charge in [0.25, 0.3) is 0 Å². The number of rotatable bonds is 9. The third kappa shape index (κ3) is 7.69. The lowest BCUT2D eigenvalue weighted by atomic mass is 9.82. The fraction of sp³-hybridized carbons (Fsp3) is 0.0370. The van der Waals surface area contributed by atoms with Crippen molar-refractivity contribution in [2.75, 3.05) is 4.90 Å². The van der Waals surface area contributed by atoms with Gasteiger partial charge >= 0.3 is 0 Å². The molecule has 0 radical (unpaired) electrons. The molecule has 16 aromatic rings. The lowest BCUT2D eigenvalue weighted by molar-refractivity contribution is 0.660. The maximum atomic E-state index is 2.44. The zero-order valence-corrected chi connectivity index (χ0v) is 47.2. The van der Waals surface area contributed by atoms with Crippen molar-refractivity contribution in [2.45, 2.75) is 19.3 Å². The Kier molecular flexibility index (Phi) is 10.9. The summed E-state index contributed by atoms with van der Waals surface area (Å²) in [5.74, 6) is 0. The highest BCUT2D eigenvalue weighted by atomic mass is 15.1. The van der Waals surface area contributed by atoms with Gasteiger partial charge in [-0.05, 0) is 165 Å². The molecule has 0 fully saturated rings. The summed E-state index contributed by atoms with van der Waals surface area (Å²) in [4.78, 5) is 2.43. The molecule has 0 aliphatic heterocycles. The van der Waals surface area contributed by atoms with Gasteiger partial charge in [0.1, 0.15) is 0 Å². The fourth-order valence-electron chi connectivity index (χ4n) is 14.1. The van der Waals surface area contributed by atoms with Gasteiger partial charge in [-0.25, -0.2) is 0 Å². The predicted octanol–water partition coefficient (Wildman–Crippen LogP) is 21.8. The van der Waals surface area contributed by atoms with Crippen molar-refractivity contribution < 1.29 is 0 Å². The average molecular weight is 1090 g/mol. The van der Waals surface area contributed by atoms with Crippen LogP contribution >= 0.6 is 0 Å². The maximum absolute atomic E-state index is 2.44. The standard InChI is InChI=1S/C81H56N4/c1-81(2)73-51-63(45-48-65(73)66-49-46-64(52-74(66)81)85-78-26-14-8-20-69(78)70-21-9-15-27-79(70)85)82(61-41-34-55(35-42-61)56-36-43-62(44-37-56)83-75-23-11-6-18-67(75)68-19-7-12-24-76(68)83)60-39-32-54(33-40-60)53-28-30-57(31-29-53)58-38-47-72-71-22-10-13-25-77(71)84(80(72)50-58)59-16-4-3-5-17-59/h3-52H,1-2H3. The molecule has 0 N–H and O–H groups in total. The van der Waals surface area contributed by atoms with E-state index in [4.69, 9.17) is 0 Å². The molecular weight excluding hydrogens is 1030 g/mol. The second kappa shape index (κ2) is 19.1. The van der Waals surface area contributed by atoms with Crippen LogP contribution in [0.5, 0.6) is 0 Å². The van der Waals surface area contributed by atoms with Crippen LogP contribution in [0.2, 0.25) is 0 Å². The van der Waals surface area contributed by atoms with Gasteiger partial charge in [0.2, 0.25) is 0 Å². The highest BCUT2D eigenvalue weighted by molar-refractivity contribution is 6.12. The number of anilines is 3. The van der Waals surface area contributed by atoms with Crippen molar-refractivity contribution in [1.29, 1.82) is 0 Å². The Labute approximate surface area is 493 Å². The van der Waals surface area contributed by atoms with Gasteiger partial charge < -0.3 is 18.6 Å². The summed E-state index contributed by atoms with van der Waals surface area (Å²) in [7, 11) is 0. The van der Waals surface area contributed by atoms with Crippen LogP contribution in [-0.2, 0) is 5.41 Å². The molecule has 17 rings (SSSR count). The van der Waals surface area contributed by atoms with Crippen LogP contribution < -0.4 is 4.90 Å². The van der Waals surface area contributed by atoms with Crippen LogP contribution in [-0.4, -0.2) is 13.7 Å². The Morgan fingerprint density at radius 3 is 1.04 bits per heavy atom. The van der Waals surface area contributed by atoms with Crippen molar-refractivity contribution in [2.24, 2.45) is 0 Å². The third-order valence-corrected chi connectivity index (χ3v) is 18.3. The van der Waals surface area contributed by atoms with Gasteiger partial charge in [0.15, 0.2) is 0 Å². The molecule has 0 saturated carbocycles. The van der Waals surface area contributed by atoms with Crippen molar-refractivity contribution in [3.63, 3.8) is 0 Å². The van der Waals surface area contributed by atoms with Crippen molar-refractivity contribution >= 4 is 82.5 Å². The molecule has 4 nitrogen and oxygen atoms in total. The smallest absolute Gasteiger partial charge is 0.0547 e. The molecule has 0 unspecified atom stereocenters. The molecule has 0 saturated heterocycles. The van der Waals surface area contributed by atoms with E-state index < -0.39 is 0 Å². The summed E-state index contributed by atoms with van der Waals surface area (Å²) >= 11 is 0. The maximum Gasteiger partial charge on any atom is 0.0547 e. The Hall–Kier alpha value is -10.9. The molecule has 0 atom stereocenters. The third-order valence-electron chi connectivity index (χ3n) is 18.3. The molecule has 85 heavy (non-hydrogen) atoms. The highest BCUT2D eigenvalue weighted by Gasteiger charge is 2.37. The minimum atomic E-state index is -0.265. The van der Waals surface area contributed by atoms with Crippen LogP contribution in [0.4, 0.5) is 17.1 Å². The van der Waals surface area contributed by atoms with E-state index in [9.17, 15) is 0 Å². The van der Waals surface area contributed by atoms with Crippen molar-refractivity contribution in [3.05, 3.63) is 314 Å². The van der Waals surface area contributed by atoms with Crippen LogP contribution in [0.1, 0.15) is 25.0 Å². The number of hydrogen-bond acceptors (Lipinski definition) is 1. The van der Waals surface area contributed by atoms with Crippen LogP contribution in [0.25, 0.3) is 127 Å². The highest BCUT2D eigenvalue weighted by Crippen LogP contribution is 2.52. The molecule has 4 heteroatoms. The summed E-state index contributed by atoms with van der Waals surface area (Å²) in [6.07, 6.45) is 0. The number of para-hydroxylation sites is 6. The summed E-state index contributed by atoms with van der Waals surface area (Å²) in [5, 5.41) is 7.59. The molecule has 3 aromatic heterocycles. The number of aromatic nitrogens is 3. The van der Waals surface area contributed by atoms with E-state index in [1.165, 1.54) is 127 Å². The Bertz CT molecular complexity index is 5180. The molecule has 3 heterocycles. The van der Waals surface area contributed by atoms with E-state index in [2.05, 4.69) is 336 Å². The van der Waals surface area contributed by atoms with Gasteiger partial charge in [-0.2, -0.15) is 0 Å². The monoisotopic (exact) mass is 1080 g/mol.